The van der Waals surface area contributed by atoms with Crippen LogP contribution in [0.4, 0.5) is 0 Å². The summed E-state index contributed by atoms with van der Waals surface area (Å²) in [4.78, 5) is 10.5. The highest BCUT2D eigenvalue weighted by Crippen LogP contribution is 2.13. The number of carboxylic acids is 1. The summed E-state index contributed by atoms with van der Waals surface area (Å²) in [6.07, 6.45) is 4.07. The van der Waals surface area contributed by atoms with Crippen molar-refractivity contribution in [1.82, 2.24) is 14.1 Å². The fraction of sp³-hybridized carbons (Fsp3) is 0.600. The summed E-state index contributed by atoms with van der Waals surface area (Å²) in [7, 11) is -2.07. The zero-order valence-corrected chi connectivity index (χ0v) is 11.2. The van der Waals surface area contributed by atoms with Gasteiger partial charge in [0.25, 0.3) is 0 Å². The lowest BCUT2D eigenvalue weighted by molar-refractivity contribution is -0.137. The van der Waals surface area contributed by atoms with Crippen LogP contribution in [0.1, 0.15) is 19.8 Å². The van der Waals surface area contributed by atoms with Crippen LogP contribution < -0.4 is 0 Å². The van der Waals surface area contributed by atoms with Crippen LogP contribution in [0.2, 0.25) is 0 Å². The van der Waals surface area contributed by atoms with Gasteiger partial charge in [0, 0.05) is 19.8 Å². The van der Waals surface area contributed by atoms with Gasteiger partial charge in [-0.15, -0.1) is 0 Å². The molecule has 0 unspecified atom stereocenters. The average molecular weight is 275 g/mol. The molecule has 102 valence electrons. The van der Waals surface area contributed by atoms with Gasteiger partial charge in [0.2, 0.25) is 10.0 Å². The van der Waals surface area contributed by atoms with Gasteiger partial charge in [0.05, 0.1) is 6.20 Å². The van der Waals surface area contributed by atoms with Crippen LogP contribution in [0.5, 0.6) is 0 Å². The van der Waals surface area contributed by atoms with Crippen LogP contribution in [0.3, 0.4) is 0 Å². The number of rotatable bonds is 7. The quantitative estimate of drug-likeness (QED) is 0.777. The Morgan fingerprint density at radius 3 is 2.78 bits per heavy atom. The van der Waals surface area contributed by atoms with E-state index < -0.39 is 16.0 Å². The van der Waals surface area contributed by atoms with E-state index in [0.29, 0.717) is 6.54 Å². The fourth-order valence-corrected chi connectivity index (χ4v) is 2.55. The normalized spacial score (nSPS) is 11.9. The summed E-state index contributed by atoms with van der Waals surface area (Å²) >= 11 is 0. The van der Waals surface area contributed by atoms with E-state index in [9.17, 15) is 13.2 Å². The summed E-state index contributed by atoms with van der Waals surface area (Å²) in [6, 6.07) is 0. The molecule has 1 heterocycles. The lowest BCUT2D eigenvalue weighted by atomic mass is 10.3. The molecule has 0 atom stereocenters. The van der Waals surface area contributed by atoms with Gasteiger partial charge in [-0.3, -0.25) is 9.48 Å². The highest BCUT2D eigenvalue weighted by molar-refractivity contribution is 7.89. The predicted molar refractivity (Wildman–Crippen MR) is 64.6 cm³/mol. The van der Waals surface area contributed by atoms with Crippen molar-refractivity contribution in [3.8, 4) is 0 Å². The smallest absolute Gasteiger partial charge is 0.325 e. The van der Waals surface area contributed by atoms with E-state index in [-0.39, 0.29) is 11.4 Å². The highest BCUT2D eigenvalue weighted by atomic mass is 32.2. The van der Waals surface area contributed by atoms with Crippen molar-refractivity contribution in [3.63, 3.8) is 0 Å². The summed E-state index contributed by atoms with van der Waals surface area (Å²) in [5, 5.41) is 12.3. The fourth-order valence-electron chi connectivity index (χ4n) is 1.38. The molecule has 1 aromatic heterocycles. The Bertz CT molecular complexity index is 509. The SMILES string of the molecule is CCCCN(C)S(=O)(=O)c1cnn(CC(=O)O)c1. The summed E-state index contributed by atoms with van der Waals surface area (Å²) in [6.45, 7) is 2.06. The molecule has 18 heavy (non-hydrogen) atoms. The minimum Gasteiger partial charge on any atom is -0.480 e. The number of hydrogen-bond donors (Lipinski definition) is 1. The summed E-state index contributed by atoms with van der Waals surface area (Å²) in [5.74, 6) is -1.07. The third kappa shape index (κ3) is 3.54. The van der Waals surface area contributed by atoms with Crippen molar-refractivity contribution in [3.05, 3.63) is 12.4 Å². The van der Waals surface area contributed by atoms with E-state index in [0.717, 1.165) is 17.5 Å². The molecular weight excluding hydrogens is 258 g/mol. The molecular formula is C10H17N3O4S. The summed E-state index contributed by atoms with van der Waals surface area (Å²) < 4.78 is 26.5. The number of hydrogen-bond acceptors (Lipinski definition) is 4. The maximum absolute atomic E-state index is 12.1. The van der Waals surface area contributed by atoms with Crippen LogP contribution in [0, 0.1) is 0 Å². The Morgan fingerprint density at radius 2 is 2.22 bits per heavy atom. The van der Waals surface area contributed by atoms with Gasteiger partial charge < -0.3 is 5.11 Å². The van der Waals surface area contributed by atoms with Gasteiger partial charge in [-0.1, -0.05) is 13.3 Å². The molecule has 0 radical (unpaired) electrons. The second-order valence-corrected chi connectivity index (χ2v) is 5.99. The third-order valence-electron chi connectivity index (χ3n) is 2.44. The van der Waals surface area contributed by atoms with Gasteiger partial charge in [-0.25, -0.2) is 12.7 Å². The molecule has 0 saturated carbocycles. The van der Waals surface area contributed by atoms with E-state index in [1.54, 1.807) is 0 Å². The number of carboxylic acid groups (broad SMARTS) is 1. The minimum absolute atomic E-state index is 0.0161. The number of carbonyl (C=O) groups is 1. The second kappa shape index (κ2) is 5.96. The molecule has 0 bridgehead atoms. The monoisotopic (exact) mass is 275 g/mol. The molecule has 1 rings (SSSR count). The van der Waals surface area contributed by atoms with Gasteiger partial charge >= 0.3 is 5.97 Å². The van der Waals surface area contributed by atoms with Crippen molar-refractivity contribution in [2.45, 2.75) is 31.2 Å². The largest absolute Gasteiger partial charge is 0.480 e. The molecule has 0 aromatic carbocycles. The van der Waals surface area contributed by atoms with E-state index in [2.05, 4.69) is 5.10 Å². The molecule has 0 aliphatic heterocycles. The van der Waals surface area contributed by atoms with Gasteiger partial charge in [-0.2, -0.15) is 5.10 Å². The molecule has 1 N–H and O–H groups in total. The topological polar surface area (TPSA) is 92.5 Å². The lowest BCUT2D eigenvalue weighted by Gasteiger charge is -2.15. The van der Waals surface area contributed by atoms with E-state index in [4.69, 9.17) is 5.11 Å². The minimum atomic E-state index is -3.57. The number of aromatic nitrogens is 2. The third-order valence-corrected chi connectivity index (χ3v) is 4.25. The van der Waals surface area contributed by atoms with Gasteiger partial charge in [0.15, 0.2) is 0 Å². The van der Waals surface area contributed by atoms with Gasteiger partial charge in [-0.05, 0) is 6.42 Å². The van der Waals surface area contributed by atoms with Crippen molar-refractivity contribution in [2.24, 2.45) is 0 Å². The first-order valence-corrected chi connectivity index (χ1v) is 7.02. The first-order chi connectivity index (χ1) is 8.37. The number of sulfonamides is 1. The lowest BCUT2D eigenvalue weighted by Crippen LogP contribution is -2.27. The molecule has 1 aromatic rings. The number of nitrogens with zero attached hydrogens (tertiary/aromatic N) is 3. The molecule has 0 aliphatic rings. The first-order valence-electron chi connectivity index (χ1n) is 5.58. The van der Waals surface area contributed by atoms with Crippen molar-refractivity contribution in [2.75, 3.05) is 13.6 Å². The number of aliphatic carboxylic acids is 1. The van der Waals surface area contributed by atoms with E-state index >= 15 is 0 Å². The highest BCUT2D eigenvalue weighted by Gasteiger charge is 2.22. The van der Waals surface area contributed by atoms with Crippen molar-refractivity contribution < 1.29 is 18.3 Å². The van der Waals surface area contributed by atoms with Crippen molar-refractivity contribution in [1.29, 1.82) is 0 Å². The Kier molecular flexibility index (Phi) is 4.85. The molecule has 8 heteroatoms. The van der Waals surface area contributed by atoms with Crippen LogP contribution >= 0.6 is 0 Å². The predicted octanol–water partition coefficient (Wildman–Crippen LogP) is 0.388. The van der Waals surface area contributed by atoms with Crippen LogP contribution in [0.25, 0.3) is 0 Å². The van der Waals surface area contributed by atoms with Crippen LogP contribution in [-0.2, 0) is 21.4 Å². The molecule has 0 fully saturated rings. The maximum atomic E-state index is 12.1. The summed E-state index contributed by atoms with van der Waals surface area (Å²) in [5.41, 5.74) is 0. The standard InChI is InChI=1S/C10H17N3O4S/c1-3-4-5-12(2)18(16,17)9-6-11-13(7-9)8-10(14)15/h6-7H,3-5,8H2,1-2H3,(H,14,15). The Balaban J connectivity index is 2.84. The zero-order chi connectivity index (χ0) is 13.8. The van der Waals surface area contributed by atoms with Crippen LogP contribution in [-0.4, -0.2) is 47.2 Å². The average Bonchev–Trinajstić information content (AvgIpc) is 2.73. The first kappa shape index (κ1) is 14.7. The van der Waals surface area contributed by atoms with E-state index in [1.807, 2.05) is 6.92 Å². The molecule has 0 spiro atoms. The Hall–Kier alpha value is -1.41. The molecule has 0 aliphatic carbocycles. The zero-order valence-electron chi connectivity index (χ0n) is 10.4. The van der Waals surface area contributed by atoms with Crippen LogP contribution in [0.15, 0.2) is 17.3 Å². The molecule has 0 saturated heterocycles. The second-order valence-electron chi connectivity index (χ2n) is 3.95. The van der Waals surface area contributed by atoms with Crippen molar-refractivity contribution >= 4 is 16.0 Å². The molecule has 0 amide bonds. The Labute approximate surface area is 106 Å². The number of unbranched alkanes of at least 4 members (excludes halogenated alkanes) is 1. The maximum Gasteiger partial charge on any atom is 0.325 e. The van der Waals surface area contributed by atoms with E-state index in [1.165, 1.54) is 23.7 Å². The Morgan fingerprint density at radius 1 is 1.56 bits per heavy atom. The van der Waals surface area contributed by atoms with Gasteiger partial charge in [0.1, 0.15) is 11.4 Å². The molecule has 7 nitrogen and oxygen atoms in total.